The maximum atomic E-state index is 11.6. The molecule has 132 valence electrons. The highest BCUT2D eigenvalue weighted by Crippen LogP contribution is 2.28. The first-order chi connectivity index (χ1) is 11.3. The second kappa shape index (κ2) is 8.47. The average Bonchev–Trinajstić information content (AvgIpc) is 2.83. The Morgan fingerprint density at radius 2 is 1.96 bits per heavy atom. The Morgan fingerprint density at radius 3 is 2.71 bits per heavy atom. The summed E-state index contributed by atoms with van der Waals surface area (Å²) in [6.07, 6.45) is 5.24. The Kier molecular flexibility index (Phi) is 6.60. The number of anilines is 1. The van der Waals surface area contributed by atoms with Gasteiger partial charge in [0.1, 0.15) is 11.4 Å². The van der Waals surface area contributed by atoms with E-state index in [1.54, 1.807) is 0 Å². The molecule has 1 aliphatic rings. The molecule has 0 fully saturated rings. The third kappa shape index (κ3) is 6.48. The van der Waals surface area contributed by atoms with Gasteiger partial charge in [-0.1, -0.05) is 31.1 Å². The lowest BCUT2D eigenvalue weighted by atomic mass is 10.1. The van der Waals surface area contributed by atoms with E-state index in [0.717, 1.165) is 48.5 Å². The first-order valence-corrected chi connectivity index (χ1v) is 9.02. The Balaban J connectivity index is 1.55. The maximum absolute atomic E-state index is 11.6. The molecule has 1 aliphatic heterocycles. The standard InChI is InChI=1S/C19H27NO3S/c1-19(2,3)23-18(21)8-6-4-5-7-11-22-15-10-9-14-12-17(24)20-16(14)13-15/h9-10,13H,4-8,11-12H2,1-3H3,(H,20,24). The van der Waals surface area contributed by atoms with Crippen LogP contribution in [0.1, 0.15) is 58.4 Å². The molecule has 2 rings (SSSR count). The van der Waals surface area contributed by atoms with E-state index in [-0.39, 0.29) is 11.6 Å². The number of nitrogens with one attached hydrogen (secondary N) is 1. The molecule has 0 bridgehead atoms. The van der Waals surface area contributed by atoms with Crippen molar-refractivity contribution in [3.05, 3.63) is 23.8 Å². The molecule has 5 heteroatoms. The highest BCUT2D eigenvalue weighted by Gasteiger charge is 2.16. The molecule has 0 saturated heterocycles. The quantitative estimate of drug-likeness (QED) is 0.420. The highest BCUT2D eigenvalue weighted by molar-refractivity contribution is 7.80. The lowest BCUT2D eigenvalue weighted by Gasteiger charge is -2.19. The molecule has 1 aromatic rings. The Hall–Kier alpha value is -1.62. The summed E-state index contributed by atoms with van der Waals surface area (Å²) in [5.41, 5.74) is 1.91. The number of esters is 1. The lowest BCUT2D eigenvalue weighted by molar-refractivity contribution is -0.154. The predicted octanol–water partition coefficient (Wildman–Crippen LogP) is 4.65. The Morgan fingerprint density at radius 1 is 1.21 bits per heavy atom. The lowest BCUT2D eigenvalue weighted by Crippen LogP contribution is -2.23. The number of carbonyl (C=O) groups is 1. The van der Waals surface area contributed by atoms with Crippen molar-refractivity contribution >= 4 is 28.9 Å². The molecule has 0 atom stereocenters. The number of hydrogen-bond donors (Lipinski definition) is 1. The van der Waals surface area contributed by atoms with E-state index in [0.29, 0.717) is 13.0 Å². The van der Waals surface area contributed by atoms with Crippen molar-refractivity contribution in [2.75, 3.05) is 11.9 Å². The van der Waals surface area contributed by atoms with Gasteiger partial charge in [0.2, 0.25) is 0 Å². The molecule has 1 N–H and O–H groups in total. The molecule has 1 aromatic carbocycles. The number of ether oxygens (including phenoxy) is 2. The number of thiocarbonyl (C=S) groups is 1. The summed E-state index contributed by atoms with van der Waals surface area (Å²) in [5.74, 6) is 0.766. The van der Waals surface area contributed by atoms with Gasteiger partial charge >= 0.3 is 5.97 Å². The van der Waals surface area contributed by atoms with Crippen LogP contribution in [0, 0.1) is 0 Å². The smallest absolute Gasteiger partial charge is 0.306 e. The van der Waals surface area contributed by atoms with Crippen LogP contribution in [-0.2, 0) is 16.0 Å². The van der Waals surface area contributed by atoms with Gasteiger partial charge in [-0.05, 0) is 45.2 Å². The molecule has 0 unspecified atom stereocenters. The summed E-state index contributed by atoms with van der Waals surface area (Å²) in [6, 6.07) is 6.08. The third-order valence-corrected chi connectivity index (χ3v) is 3.92. The fourth-order valence-corrected chi connectivity index (χ4v) is 2.86. The molecule has 0 aliphatic carbocycles. The number of benzene rings is 1. The van der Waals surface area contributed by atoms with E-state index in [1.807, 2.05) is 32.9 Å². The van der Waals surface area contributed by atoms with Crippen LogP contribution in [0.25, 0.3) is 0 Å². The zero-order chi connectivity index (χ0) is 17.6. The van der Waals surface area contributed by atoms with Crippen LogP contribution in [-0.4, -0.2) is 23.2 Å². The largest absolute Gasteiger partial charge is 0.494 e. The van der Waals surface area contributed by atoms with Gasteiger partial charge in [0.05, 0.1) is 11.6 Å². The van der Waals surface area contributed by atoms with Gasteiger partial charge in [-0.2, -0.15) is 0 Å². The van der Waals surface area contributed by atoms with Gasteiger partial charge in [0.15, 0.2) is 0 Å². The first kappa shape index (κ1) is 18.7. The maximum Gasteiger partial charge on any atom is 0.306 e. The van der Waals surface area contributed by atoms with Crippen LogP contribution in [0.5, 0.6) is 5.75 Å². The Bertz CT molecular complexity index is 593. The summed E-state index contributed by atoms with van der Waals surface area (Å²) in [5, 5.41) is 3.19. The van der Waals surface area contributed by atoms with E-state index in [4.69, 9.17) is 21.7 Å². The second-order valence-electron chi connectivity index (χ2n) is 7.14. The zero-order valence-electron chi connectivity index (χ0n) is 14.8. The van der Waals surface area contributed by atoms with Crippen molar-refractivity contribution in [2.45, 2.75) is 64.9 Å². The number of carbonyl (C=O) groups excluding carboxylic acids is 1. The van der Waals surface area contributed by atoms with Gasteiger partial charge in [-0.25, -0.2) is 0 Å². The normalized spacial score (nSPS) is 13.4. The van der Waals surface area contributed by atoms with Crippen molar-refractivity contribution in [3.8, 4) is 5.75 Å². The van der Waals surface area contributed by atoms with Crippen LogP contribution in [0.15, 0.2) is 18.2 Å². The monoisotopic (exact) mass is 349 g/mol. The molecule has 0 aromatic heterocycles. The molecule has 0 spiro atoms. The molecule has 0 saturated carbocycles. The molecule has 0 amide bonds. The van der Waals surface area contributed by atoms with Crippen molar-refractivity contribution in [1.29, 1.82) is 0 Å². The minimum atomic E-state index is -0.390. The molecule has 0 radical (unpaired) electrons. The number of unbranched alkanes of at least 4 members (excludes halogenated alkanes) is 3. The zero-order valence-corrected chi connectivity index (χ0v) is 15.6. The van der Waals surface area contributed by atoms with Gasteiger partial charge in [-0.3, -0.25) is 4.79 Å². The summed E-state index contributed by atoms with van der Waals surface area (Å²) < 4.78 is 11.1. The van der Waals surface area contributed by atoms with Gasteiger partial charge in [0.25, 0.3) is 0 Å². The minimum Gasteiger partial charge on any atom is -0.494 e. The molecular formula is C19H27NO3S. The van der Waals surface area contributed by atoms with Crippen LogP contribution in [0.4, 0.5) is 5.69 Å². The SMILES string of the molecule is CC(C)(C)OC(=O)CCCCCCOc1ccc2c(c1)NC(=S)C2. The van der Waals surface area contributed by atoms with Crippen LogP contribution >= 0.6 is 12.2 Å². The van der Waals surface area contributed by atoms with Crippen LogP contribution in [0.2, 0.25) is 0 Å². The van der Waals surface area contributed by atoms with Gasteiger partial charge < -0.3 is 14.8 Å². The number of fused-ring (bicyclic) bond motifs is 1. The molecule has 1 heterocycles. The van der Waals surface area contributed by atoms with Crippen LogP contribution in [0.3, 0.4) is 0 Å². The highest BCUT2D eigenvalue weighted by atomic mass is 32.1. The summed E-state index contributed by atoms with van der Waals surface area (Å²) >= 11 is 5.18. The van der Waals surface area contributed by atoms with E-state index in [9.17, 15) is 4.79 Å². The van der Waals surface area contributed by atoms with Crippen molar-refractivity contribution in [3.63, 3.8) is 0 Å². The number of rotatable bonds is 8. The first-order valence-electron chi connectivity index (χ1n) is 8.61. The second-order valence-corrected chi connectivity index (χ2v) is 7.64. The van der Waals surface area contributed by atoms with Crippen LogP contribution < -0.4 is 10.1 Å². The molecule has 24 heavy (non-hydrogen) atoms. The van der Waals surface area contributed by atoms with E-state index >= 15 is 0 Å². The van der Waals surface area contributed by atoms with E-state index < -0.39 is 0 Å². The topological polar surface area (TPSA) is 47.6 Å². The van der Waals surface area contributed by atoms with Crippen molar-refractivity contribution in [2.24, 2.45) is 0 Å². The van der Waals surface area contributed by atoms with Gasteiger partial charge in [0, 0.05) is 24.6 Å². The van der Waals surface area contributed by atoms with E-state index in [2.05, 4.69) is 11.4 Å². The Labute approximate surface area is 149 Å². The summed E-state index contributed by atoms with van der Waals surface area (Å²) in [6.45, 7) is 6.37. The van der Waals surface area contributed by atoms with E-state index in [1.165, 1.54) is 5.56 Å². The molecular weight excluding hydrogens is 322 g/mol. The van der Waals surface area contributed by atoms with Crippen molar-refractivity contribution < 1.29 is 14.3 Å². The minimum absolute atomic E-state index is 0.109. The fraction of sp³-hybridized carbons (Fsp3) is 0.579. The average molecular weight is 349 g/mol. The summed E-state index contributed by atoms with van der Waals surface area (Å²) in [7, 11) is 0. The fourth-order valence-electron chi connectivity index (χ4n) is 2.59. The predicted molar refractivity (Wildman–Crippen MR) is 101 cm³/mol. The number of hydrogen-bond acceptors (Lipinski definition) is 4. The molecule has 4 nitrogen and oxygen atoms in total. The van der Waals surface area contributed by atoms with Crippen molar-refractivity contribution in [1.82, 2.24) is 0 Å². The summed E-state index contributed by atoms with van der Waals surface area (Å²) in [4.78, 5) is 12.5. The third-order valence-electron chi connectivity index (χ3n) is 3.67. The van der Waals surface area contributed by atoms with Gasteiger partial charge in [-0.15, -0.1) is 0 Å².